The molecule has 2 heterocycles. The first-order chi connectivity index (χ1) is 6.88. The van der Waals surface area contributed by atoms with Crippen LogP contribution in [0, 0.1) is 0 Å². The number of carbonyl (C=O) groups excluding carboxylic acids is 1. The second kappa shape index (κ2) is 4.75. The first-order valence-electron chi connectivity index (χ1n) is 5.50. The summed E-state index contributed by atoms with van der Waals surface area (Å²) in [5.74, 6) is 0.189. The van der Waals surface area contributed by atoms with Crippen molar-refractivity contribution in [1.82, 2.24) is 10.2 Å². The molecule has 2 aliphatic rings. The third-order valence-corrected chi connectivity index (χ3v) is 2.85. The third kappa shape index (κ3) is 2.25. The summed E-state index contributed by atoms with van der Waals surface area (Å²) in [6.07, 6.45) is 4.41. The Balaban J connectivity index is 1.95. The SMILES string of the molecule is O=C1CNCCCN1C1CCCCO1. The fraction of sp³-hybridized carbons (Fsp3) is 0.900. The van der Waals surface area contributed by atoms with Gasteiger partial charge in [-0.15, -0.1) is 0 Å². The lowest BCUT2D eigenvalue weighted by molar-refractivity contribution is -0.148. The molecule has 0 saturated carbocycles. The molecule has 0 aromatic heterocycles. The van der Waals surface area contributed by atoms with Crippen LogP contribution in [0.3, 0.4) is 0 Å². The molecule has 0 aromatic carbocycles. The zero-order valence-corrected chi connectivity index (χ0v) is 8.50. The molecule has 14 heavy (non-hydrogen) atoms. The van der Waals surface area contributed by atoms with Crippen LogP contribution < -0.4 is 5.32 Å². The summed E-state index contributed by atoms with van der Waals surface area (Å²) in [4.78, 5) is 13.6. The molecule has 80 valence electrons. The van der Waals surface area contributed by atoms with Crippen molar-refractivity contribution in [2.75, 3.05) is 26.2 Å². The zero-order chi connectivity index (χ0) is 9.80. The Morgan fingerprint density at radius 2 is 2.29 bits per heavy atom. The molecule has 0 bridgehead atoms. The molecule has 1 amide bonds. The number of carbonyl (C=O) groups is 1. The number of nitrogens with one attached hydrogen (secondary N) is 1. The van der Waals surface area contributed by atoms with Gasteiger partial charge in [0.2, 0.25) is 5.91 Å². The maximum Gasteiger partial charge on any atom is 0.238 e. The van der Waals surface area contributed by atoms with E-state index in [0.29, 0.717) is 6.54 Å². The Labute approximate surface area is 84.6 Å². The second-order valence-corrected chi connectivity index (χ2v) is 3.94. The average molecular weight is 198 g/mol. The normalized spacial score (nSPS) is 30.1. The molecule has 2 aliphatic heterocycles. The molecule has 1 atom stereocenters. The van der Waals surface area contributed by atoms with Crippen LogP contribution in [0.1, 0.15) is 25.7 Å². The Morgan fingerprint density at radius 1 is 1.36 bits per heavy atom. The van der Waals surface area contributed by atoms with Gasteiger partial charge in [0.25, 0.3) is 0 Å². The minimum Gasteiger partial charge on any atom is -0.358 e. The molecule has 1 N–H and O–H groups in total. The number of hydrogen-bond donors (Lipinski definition) is 1. The van der Waals surface area contributed by atoms with E-state index in [4.69, 9.17) is 4.74 Å². The smallest absolute Gasteiger partial charge is 0.238 e. The molecule has 4 heteroatoms. The van der Waals surface area contributed by atoms with Gasteiger partial charge >= 0.3 is 0 Å². The Bertz CT molecular complexity index is 202. The predicted octanol–water partition coefficient (Wildman–Crippen LogP) is 0.335. The summed E-state index contributed by atoms with van der Waals surface area (Å²) < 4.78 is 5.62. The molecule has 4 nitrogen and oxygen atoms in total. The quantitative estimate of drug-likeness (QED) is 0.660. The van der Waals surface area contributed by atoms with Crippen molar-refractivity contribution < 1.29 is 9.53 Å². The summed E-state index contributed by atoms with van der Waals surface area (Å²) in [7, 11) is 0. The van der Waals surface area contributed by atoms with Gasteiger partial charge < -0.3 is 15.0 Å². The van der Waals surface area contributed by atoms with Crippen molar-refractivity contribution in [1.29, 1.82) is 0 Å². The van der Waals surface area contributed by atoms with Gasteiger partial charge in [-0.1, -0.05) is 0 Å². The Morgan fingerprint density at radius 3 is 3.07 bits per heavy atom. The summed E-state index contributed by atoms with van der Waals surface area (Å²) in [6.45, 7) is 3.06. The lowest BCUT2D eigenvalue weighted by Gasteiger charge is -2.33. The highest BCUT2D eigenvalue weighted by Crippen LogP contribution is 2.17. The molecule has 0 aromatic rings. The molecule has 2 fully saturated rings. The van der Waals surface area contributed by atoms with Crippen LogP contribution in [0.4, 0.5) is 0 Å². The van der Waals surface area contributed by atoms with Crippen LogP contribution >= 0.6 is 0 Å². The highest BCUT2D eigenvalue weighted by Gasteiger charge is 2.26. The number of ether oxygens (including phenoxy) is 1. The van der Waals surface area contributed by atoms with Gasteiger partial charge in [-0.2, -0.15) is 0 Å². The van der Waals surface area contributed by atoms with Crippen molar-refractivity contribution in [2.45, 2.75) is 31.9 Å². The van der Waals surface area contributed by atoms with Crippen LogP contribution in [-0.4, -0.2) is 43.3 Å². The number of nitrogens with zero attached hydrogens (tertiary/aromatic N) is 1. The van der Waals surface area contributed by atoms with E-state index < -0.39 is 0 Å². The highest BCUT2D eigenvalue weighted by atomic mass is 16.5. The summed E-state index contributed by atoms with van der Waals surface area (Å²) in [5.41, 5.74) is 0. The van der Waals surface area contributed by atoms with Crippen LogP contribution in [-0.2, 0) is 9.53 Å². The highest BCUT2D eigenvalue weighted by molar-refractivity contribution is 5.78. The summed E-state index contributed by atoms with van der Waals surface area (Å²) in [5, 5.41) is 3.12. The lowest BCUT2D eigenvalue weighted by atomic mass is 10.1. The molecular formula is C10H18N2O2. The molecule has 1 unspecified atom stereocenters. The van der Waals surface area contributed by atoms with Crippen molar-refractivity contribution in [2.24, 2.45) is 0 Å². The Kier molecular flexibility index (Phi) is 3.37. The van der Waals surface area contributed by atoms with Gasteiger partial charge in [0.05, 0.1) is 6.54 Å². The minimum atomic E-state index is 0.0520. The number of hydrogen-bond acceptors (Lipinski definition) is 3. The maximum absolute atomic E-state index is 11.7. The first-order valence-corrected chi connectivity index (χ1v) is 5.50. The predicted molar refractivity (Wildman–Crippen MR) is 52.8 cm³/mol. The number of rotatable bonds is 1. The molecule has 0 aliphatic carbocycles. The molecular weight excluding hydrogens is 180 g/mol. The first kappa shape index (κ1) is 9.93. The largest absolute Gasteiger partial charge is 0.358 e. The van der Waals surface area contributed by atoms with Gasteiger partial charge in [-0.25, -0.2) is 0 Å². The van der Waals surface area contributed by atoms with Gasteiger partial charge in [-0.3, -0.25) is 4.79 Å². The standard InChI is InChI=1S/C10H18N2O2/c13-9-8-11-5-3-6-12(9)10-4-1-2-7-14-10/h10-11H,1-8H2. The fourth-order valence-corrected chi connectivity index (χ4v) is 2.07. The van der Waals surface area contributed by atoms with Gasteiger partial charge in [0.1, 0.15) is 6.23 Å². The molecule has 2 saturated heterocycles. The van der Waals surface area contributed by atoms with E-state index in [2.05, 4.69) is 5.32 Å². The average Bonchev–Trinajstić information content (AvgIpc) is 2.44. The molecule has 2 rings (SSSR count). The van der Waals surface area contributed by atoms with E-state index in [1.54, 1.807) is 0 Å². The van der Waals surface area contributed by atoms with E-state index >= 15 is 0 Å². The van der Waals surface area contributed by atoms with Crippen LogP contribution in [0.15, 0.2) is 0 Å². The molecule has 0 radical (unpaired) electrons. The second-order valence-electron chi connectivity index (χ2n) is 3.94. The van der Waals surface area contributed by atoms with Crippen molar-refractivity contribution >= 4 is 5.91 Å². The fourth-order valence-electron chi connectivity index (χ4n) is 2.07. The Hall–Kier alpha value is -0.610. The number of amides is 1. The van der Waals surface area contributed by atoms with Crippen LogP contribution in [0.5, 0.6) is 0 Å². The summed E-state index contributed by atoms with van der Waals surface area (Å²) in [6, 6.07) is 0. The summed E-state index contributed by atoms with van der Waals surface area (Å²) >= 11 is 0. The maximum atomic E-state index is 11.7. The minimum absolute atomic E-state index is 0.0520. The van der Waals surface area contributed by atoms with Crippen molar-refractivity contribution in [3.8, 4) is 0 Å². The van der Waals surface area contributed by atoms with Crippen molar-refractivity contribution in [3.05, 3.63) is 0 Å². The lowest BCUT2D eigenvalue weighted by Crippen LogP contribution is -2.45. The van der Waals surface area contributed by atoms with Crippen LogP contribution in [0.2, 0.25) is 0 Å². The van der Waals surface area contributed by atoms with Gasteiger partial charge in [0, 0.05) is 13.2 Å². The van der Waals surface area contributed by atoms with Gasteiger partial charge in [-0.05, 0) is 32.2 Å². The molecule has 0 spiro atoms. The van der Waals surface area contributed by atoms with E-state index in [1.807, 2.05) is 4.90 Å². The topological polar surface area (TPSA) is 41.6 Å². The van der Waals surface area contributed by atoms with E-state index in [9.17, 15) is 4.79 Å². The zero-order valence-electron chi connectivity index (χ0n) is 8.50. The van der Waals surface area contributed by atoms with E-state index in [1.165, 1.54) is 6.42 Å². The third-order valence-electron chi connectivity index (χ3n) is 2.85. The van der Waals surface area contributed by atoms with Crippen LogP contribution in [0.25, 0.3) is 0 Å². The van der Waals surface area contributed by atoms with E-state index in [-0.39, 0.29) is 12.1 Å². The monoisotopic (exact) mass is 198 g/mol. The van der Waals surface area contributed by atoms with E-state index in [0.717, 1.165) is 39.0 Å². The van der Waals surface area contributed by atoms with Crippen molar-refractivity contribution in [3.63, 3.8) is 0 Å². The van der Waals surface area contributed by atoms with Gasteiger partial charge in [0.15, 0.2) is 0 Å².